The molecule has 6 aliphatic rings. The van der Waals surface area contributed by atoms with Gasteiger partial charge in [0, 0.05) is 52.6 Å². The van der Waals surface area contributed by atoms with Crippen LogP contribution in [0.2, 0.25) is 0 Å². The predicted octanol–water partition coefficient (Wildman–Crippen LogP) is 7.76. The fraction of sp³-hybridized carbons (Fsp3) is 0.385. The van der Waals surface area contributed by atoms with Crippen molar-refractivity contribution in [1.29, 1.82) is 10.5 Å². The van der Waals surface area contributed by atoms with Gasteiger partial charge in [0.15, 0.2) is 106 Å². The quantitative estimate of drug-likeness (QED) is 0.0245. The Morgan fingerprint density at radius 2 is 1.04 bits per heavy atom. The number of imidazole rings is 2. The van der Waals surface area contributed by atoms with Crippen molar-refractivity contribution in [3.63, 3.8) is 0 Å². The monoisotopic (exact) mass is 2070 g/mol. The van der Waals surface area contributed by atoms with E-state index in [1.54, 1.807) is 98.7 Å². The minimum atomic E-state index is -4.49. The van der Waals surface area contributed by atoms with E-state index in [0.717, 1.165) is 32.1 Å². The molecule has 49 nitrogen and oxygen atoms in total. The largest absolute Gasteiger partial charge is 0.786 e. The van der Waals surface area contributed by atoms with Crippen LogP contribution in [0.4, 0.5) is 32.3 Å². The van der Waals surface area contributed by atoms with Crippen molar-refractivity contribution in [3.8, 4) is 12.1 Å². The van der Waals surface area contributed by atoms with Gasteiger partial charge in [-0.05, 0) is 70.4 Å². The number of nitriles is 2. The number of H-pyrrole nitrogens is 3. The van der Waals surface area contributed by atoms with Crippen LogP contribution in [0.15, 0.2) is 155 Å². The van der Waals surface area contributed by atoms with Crippen LogP contribution in [-0.2, 0) is 109 Å². The van der Waals surface area contributed by atoms with Gasteiger partial charge in [-0.3, -0.25) is 72.3 Å². The molecule has 138 heavy (non-hydrogen) atoms. The van der Waals surface area contributed by atoms with Crippen molar-refractivity contribution < 1.29 is 107 Å². The van der Waals surface area contributed by atoms with E-state index in [1.165, 1.54) is 32.1 Å². The molecule has 0 spiro atoms. The van der Waals surface area contributed by atoms with Crippen molar-refractivity contribution in [1.82, 2.24) is 95.1 Å². The number of carbonyl (C=O) groups is 4. The maximum atomic E-state index is 16.8. The number of aromatic amines is 3. The second-order valence-electron chi connectivity index (χ2n) is 30.7. The second kappa shape index (κ2) is 45.1. The lowest BCUT2D eigenvalue weighted by Crippen LogP contribution is -2.35. The Labute approximate surface area is 801 Å². The van der Waals surface area contributed by atoms with Gasteiger partial charge in [-0.2, -0.15) is 29.9 Å². The molecule has 19 rings (SSSR count). The normalized spacial score (nSPS) is 26.4. The smallest absolute Gasteiger partial charge is 0.327 e. The minimum absolute atomic E-state index is 0. The number of nitrogens with zero attached hydrogens (tertiary/aromatic N) is 18. The first kappa shape index (κ1) is 101. The van der Waals surface area contributed by atoms with Gasteiger partial charge in [-0.1, -0.05) is 115 Å². The number of pyridine rings is 1. The van der Waals surface area contributed by atoms with Crippen LogP contribution < -0.4 is 58.0 Å². The van der Waals surface area contributed by atoms with E-state index in [9.17, 15) is 53.9 Å². The van der Waals surface area contributed by atoms with Gasteiger partial charge in [0.2, 0.25) is 23.7 Å². The van der Waals surface area contributed by atoms with Crippen LogP contribution in [0.5, 0.6) is 0 Å². The minimum Gasteiger partial charge on any atom is -0.786 e. The maximum absolute atomic E-state index is 16.8. The summed E-state index contributed by atoms with van der Waals surface area (Å²) in [6.07, 6.45) is -11.3. The number of fused-ring (bicyclic) bond motifs is 11. The molecule has 6 fully saturated rings. The number of carbonyl (C=O) groups excluding carboxylic acids is 4. The van der Waals surface area contributed by atoms with Gasteiger partial charge in [-0.25, -0.2) is 43.7 Å². The van der Waals surface area contributed by atoms with Crippen LogP contribution in [0.25, 0.3) is 54.7 Å². The molecule has 16 heterocycles. The van der Waals surface area contributed by atoms with Crippen LogP contribution in [0.1, 0.15) is 99.0 Å². The summed E-state index contributed by atoms with van der Waals surface area (Å²) in [5.74, 6) is -2.94. The topological polar surface area (TPSA) is 647 Å². The highest BCUT2D eigenvalue weighted by atomic mass is 32.9. The van der Waals surface area contributed by atoms with E-state index < -0.39 is 175 Å². The number of halogens is 2. The highest BCUT2D eigenvalue weighted by Gasteiger charge is 2.55. The number of benzene rings is 3. The number of hydrogen-bond donors (Lipinski definition) is 7. The zero-order chi connectivity index (χ0) is 96.4. The summed E-state index contributed by atoms with van der Waals surface area (Å²) in [5, 5.41) is 46.0. The lowest BCUT2D eigenvalue weighted by Gasteiger charge is -2.34. The van der Waals surface area contributed by atoms with Gasteiger partial charge in [0.25, 0.3) is 27.7 Å². The zero-order valence-corrected chi connectivity index (χ0v) is 80.3. The van der Waals surface area contributed by atoms with Crippen LogP contribution >= 0.6 is 49.4 Å². The SMILES string of the molecule is CC(C)C(=O)Nc1nc2c(ncn2[C@@H]2O[C@@H]3COP(=S)(OCCC#N)O[C@H]4[C@H](F)[C@H](n5nnc6c(NC(=O)c7ccccc7)ncnc65)O[C@@H]4COP([O-])(=S)O[C@H]2C3)c(=O)[nH]1.CC(C)C(=O)Nc1nc2c(ncn2[C@@H]2O[C@@H]3COP(=S)(OCCC#N)O[C@H]4[C@H](F)[C@H](n5nnc6c(NC(=O)c7ccccc7)ncnc65)O[C@@H]4COP([O-])O[C@H]2C3)c(=O)[nH]1.O=c1ssc2ccccc12.[NH4+].c1cc[nH+]cc1. The summed E-state index contributed by atoms with van der Waals surface area (Å²) in [6, 6.07) is 34.1. The first-order valence-corrected chi connectivity index (χ1v) is 52.4. The Kier molecular flexibility index (Phi) is 33.1. The van der Waals surface area contributed by atoms with Crippen molar-refractivity contribution in [2.24, 2.45) is 11.8 Å². The average Bonchev–Trinajstić information content (AvgIpc) is 1.63. The highest BCUT2D eigenvalue weighted by Crippen LogP contribution is 2.58. The zero-order valence-electron chi connectivity index (χ0n) is 72.6. The molecule has 4 amide bonds. The first-order valence-electron chi connectivity index (χ1n) is 41.5. The van der Waals surface area contributed by atoms with E-state index in [-0.39, 0.29) is 131 Å². The van der Waals surface area contributed by atoms with Gasteiger partial charge >= 0.3 is 13.4 Å². The number of nitrogens with one attached hydrogen (secondary N) is 7. The fourth-order valence-electron chi connectivity index (χ4n) is 14.2. The molecule has 6 saturated heterocycles. The second-order valence-corrected chi connectivity index (χ2v) is 42.4. The van der Waals surface area contributed by atoms with E-state index >= 15 is 8.78 Å². The van der Waals surface area contributed by atoms with E-state index in [1.807, 2.05) is 67.0 Å². The summed E-state index contributed by atoms with van der Waals surface area (Å²) in [6.45, 7) is -8.15. The molecule has 4 bridgehead atoms. The average molecular weight is 2070 g/mol. The molecule has 60 heteroatoms. The third-order valence-corrected chi connectivity index (χ3v) is 30.0. The van der Waals surface area contributed by atoms with Crippen LogP contribution in [-0.4, -0.2) is 213 Å². The fourth-order valence-corrected chi connectivity index (χ4v) is 22.6. The van der Waals surface area contributed by atoms with Gasteiger partial charge < -0.3 is 81.7 Å². The Morgan fingerprint density at radius 3 is 1.50 bits per heavy atom. The molecular weight excluding hydrogens is 1990 g/mol. The van der Waals surface area contributed by atoms with Crippen LogP contribution in [0.3, 0.4) is 0 Å². The van der Waals surface area contributed by atoms with E-state index in [2.05, 4.69) is 96.7 Å². The van der Waals surface area contributed by atoms with Crippen molar-refractivity contribution in [2.75, 3.05) is 60.9 Å². The van der Waals surface area contributed by atoms with Crippen molar-refractivity contribution >= 4 is 187 Å². The van der Waals surface area contributed by atoms with Crippen molar-refractivity contribution in [2.45, 2.75) is 139 Å². The lowest BCUT2D eigenvalue weighted by molar-refractivity contribution is -0.378. The predicted molar refractivity (Wildman–Crippen MR) is 493 cm³/mol. The number of amides is 4. The van der Waals surface area contributed by atoms with Gasteiger partial charge in [-0.15, -0.1) is 10.2 Å². The number of ether oxygens (including phenoxy) is 4. The third kappa shape index (κ3) is 23.7. The molecule has 4 unspecified atom stereocenters. The standard InChI is InChI=1S/C33H35FN12O11P2S2.C33H34FN12O11P2S.C7H4OS2.C5H5N.H3N/c1-16(2)28(47)41-33-40-27-23(30(49)42-33)38-15-45(27)31-19-11-18(54-31)12-53-59(61,51-10-6-9-35)57-24-20(13-52-58(50,60)56-19)55-32(21(24)34)46-26-22(43-44-46)25(36-14-37-26)39-29(48)17-7-4-3-5-8-17;1-16(2)28(47)41-33-40-27-23(30(49)42-33)38-15-45(27)31-19-11-18(54-31)12-53-59(60,52-10-6-9-35)57-24-20(13-51-58(50)56-19)55-32(21(24)34)46-26-22(43-44-46)25(36-14-37-26)39-29(48)17-7-4-3-5-8-17;8-7-5-3-1-2-4-6(5)9-10-7;1-2-4-6-5-3-1;/h3-5,7-8,14-16,18-21,24,31-32H,6,10-13H2,1-2H3,(H,50,60)(H,36,37,39,48)(H2,40,41,42,47,49);3-5,7-8,14-16,18-21,24,31-32H,6,10-13H2,1-2H3,(H,36,37,39,48)(H2,40,41,42,47,49);1-4H;1-5H;1H3/q;-1;;;/p+1/t2*18-,19-,20+,21-,24+,31+,32+,58?,59?;;;/m00.../s1. The molecular formula is C78H82F2N26O23P4S5. The Morgan fingerprint density at radius 1 is 0.572 bits per heavy atom. The van der Waals surface area contributed by atoms with E-state index in [0.29, 0.717) is 11.1 Å². The lowest BCUT2D eigenvalue weighted by atomic mass is 10.1. The molecule has 10 aromatic heterocycles. The van der Waals surface area contributed by atoms with Crippen molar-refractivity contribution in [3.05, 3.63) is 182 Å². The number of quaternary nitrogens is 1. The van der Waals surface area contributed by atoms with Gasteiger partial charge in [0.1, 0.15) is 56.0 Å². The summed E-state index contributed by atoms with van der Waals surface area (Å²) in [4.78, 5) is 156. The number of alkyl halides is 2. The number of hydrogen-bond acceptors (Lipinski definition) is 42. The van der Waals surface area contributed by atoms with Crippen LogP contribution in [0, 0.1) is 34.5 Å². The maximum Gasteiger partial charge on any atom is 0.327 e. The summed E-state index contributed by atoms with van der Waals surface area (Å²) >= 11 is 16.8. The van der Waals surface area contributed by atoms with E-state index in [4.69, 9.17) is 99.6 Å². The Hall–Kier alpha value is -11.0. The molecule has 0 aliphatic carbocycles. The summed E-state index contributed by atoms with van der Waals surface area (Å²) in [7, 11) is -0.123. The third-order valence-electron chi connectivity index (χ3n) is 20.7. The highest BCUT2D eigenvalue weighted by molar-refractivity contribution is 8.08. The Balaban J connectivity index is 0.000000178. The molecule has 0 saturated carbocycles. The molecule has 11 N–H and O–H groups in total. The number of aromatic nitrogens is 19. The number of anilines is 4. The molecule has 18 atom stereocenters. The summed E-state index contributed by atoms with van der Waals surface area (Å²) in [5.41, 5.74) is -0.822. The molecule has 726 valence electrons. The molecule has 13 aromatic rings. The Bertz CT molecular complexity index is 6970. The molecule has 6 aliphatic heterocycles. The van der Waals surface area contributed by atoms with Gasteiger partial charge in [0.05, 0.1) is 103 Å². The first-order chi connectivity index (χ1) is 66.0. The summed E-state index contributed by atoms with van der Waals surface area (Å²) < 4.78 is 123. The number of rotatable bonds is 18. The molecule has 3 aromatic carbocycles. The molecule has 0 radical (unpaired) electrons.